The van der Waals surface area contributed by atoms with Gasteiger partial charge in [0.25, 0.3) is 11.8 Å². The summed E-state index contributed by atoms with van der Waals surface area (Å²) in [5.74, 6) is -3.79. The van der Waals surface area contributed by atoms with E-state index in [1.54, 1.807) is 82.3 Å². The Kier molecular flexibility index (Phi) is 17.5. The van der Waals surface area contributed by atoms with Gasteiger partial charge in [0.1, 0.15) is 17.2 Å². The van der Waals surface area contributed by atoms with Crippen LogP contribution in [0.1, 0.15) is 84.7 Å². The predicted octanol–water partition coefficient (Wildman–Crippen LogP) is 5.97. The Hall–Kier alpha value is -6.89. The molecule has 0 saturated heterocycles. The molecule has 58 heavy (non-hydrogen) atoms. The third-order valence-electron chi connectivity index (χ3n) is 6.92. The molecule has 310 valence electrons. The van der Waals surface area contributed by atoms with E-state index in [1.165, 1.54) is 26.4 Å². The summed E-state index contributed by atoms with van der Waals surface area (Å²) < 4.78 is 46.3. The van der Waals surface area contributed by atoms with Crippen LogP contribution >= 0.6 is 0 Å². The first kappa shape index (κ1) is 47.3. The molecule has 0 aliphatic carbocycles. The molecule has 0 bridgehead atoms. The molecule has 6 N–H and O–H groups in total. The minimum atomic E-state index is -5.08. The van der Waals surface area contributed by atoms with Crippen LogP contribution in [0.4, 0.5) is 29.6 Å². The average molecular weight is 813 g/mol. The van der Waals surface area contributed by atoms with Crippen LogP contribution in [0.5, 0.6) is 0 Å². The van der Waals surface area contributed by atoms with E-state index in [-0.39, 0.29) is 18.0 Å². The highest BCUT2D eigenvalue weighted by atomic mass is 19.4. The highest BCUT2D eigenvalue weighted by Gasteiger charge is 2.38. The van der Waals surface area contributed by atoms with Crippen LogP contribution in [-0.2, 0) is 32.1 Å². The molecule has 3 amide bonds. The van der Waals surface area contributed by atoms with E-state index in [4.69, 9.17) is 20.4 Å². The SMILES string of the molecule is COC(=O)c1cccc(C(=O)Nc2cc(CN)cc(C)n2)c1.COC(=O)c1cccc(C(=O)Nc2cc(CNC(=O)OC(C)(C)C)cc(C)n2)c1.O=C(O)C(F)(F)F. The monoisotopic (exact) mass is 812 g/mol. The third kappa shape index (κ3) is 16.5. The maximum Gasteiger partial charge on any atom is 0.490 e. The van der Waals surface area contributed by atoms with E-state index < -0.39 is 41.7 Å². The largest absolute Gasteiger partial charge is 0.490 e. The second-order valence-electron chi connectivity index (χ2n) is 12.9. The summed E-state index contributed by atoms with van der Waals surface area (Å²) in [7, 11) is 2.57. The van der Waals surface area contributed by atoms with Crippen molar-refractivity contribution in [2.75, 3.05) is 24.9 Å². The Bertz CT molecular complexity index is 2120. The minimum Gasteiger partial charge on any atom is -0.475 e. The molecule has 0 fully saturated rings. The summed E-state index contributed by atoms with van der Waals surface area (Å²) in [6.45, 7) is 9.55. The molecule has 4 rings (SSSR count). The van der Waals surface area contributed by atoms with Gasteiger partial charge in [-0.25, -0.2) is 29.1 Å². The number of halogens is 3. The number of nitrogens with two attached hydrogens (primary N) is 1. The zero-order valence-corrected chi connectivity index (χ0v) is 32.6. The van der Waals surface area contributed by atoms with Crippen LogP contribution in [0.25, 0.3) is 0 Å². The summed E-state index contributed by atoms with van der Waals surface area (Å²) in [5.41, 5.74) is 9.33. The lowest BCUT2D eigenvalue weighted by atomic mass is 10.1. The number of anilines is 2. The topological polar surface area (TPSA) is 238 Å². The summed E-state index contributed by atoms with van der Waals surface area (Å²) in [5, 5.41) is 15.2. The van der Waals surface area contributed by atoms with Gasteiger partial charge in [0.2, 0.25) is 0 Å². The molecule has 0 radical (unpaired) electrons. The number of aromatic nitrogens is 2. The number of alkyl carbamates (subject to hydrolysis) is 1. The number of ether oxygens (including phenoxy) is 3. The Morgan fingerprint density at radius 2 is 1.09 bits per heavy atom. The van der Waals surface area contributed by atoms with Crippen molar-refractivity contribution in [2.24, 2.45) is 5.73 Å². The first-order valence-electron chi connectivity index (χ1n) is 17.0. The first-order valence-corrected chi connectivity index (χ1v) is 17.0. The number of nitrogens with one attached hydrogen (secondary N) is 3. The molecule has 16 nitrogen and oxygen atoms in total. The fourth-order valence-electron chi connectivity index (χ4n) is 4.50. The molecule has 0 atom stereocenters. The van der Waals surface area contributed by atoms with Crippen molar-refractivity contribution < 1.29 is 61.3 Å². The van der Waals surface area contributed by atoms with Crippen LogP contribution in [0, 0.1) is 13.8 Å². The van der Waals surface area contributed by atoms with Gasteiger partial charge < -0.3 is 41.0 Å². The van der Waals surface area contributed by atoms with Gasteiger partial charge in [0, 0.05) is 35.6 Å². The number of carbonyl (C=O) groups is 6. The number of carbonyl (C=O) groups excluding carboxylic acids is 5. The minimum absolute atomic E-state index is 0.221. The number of methoxy groups -OCH3 is 2. The van der Waals surface area contributed by atoms with E-state index in [0.717, 1.165) is 16.8 Å². The maximum atomic E-state index is 12.5. The van der Waals surface area contributed by atoms with E-state index in [1.807, 2.05) is 13.0 Å². The summed E-state index contributed by atoms with van der Waals surface area (Å²) in [6.07, 6.45) is -5.61. The molecule has 2 aromatic heterocycles. The normalized spacial score (nSPS) is 10.6. The quantitative estimate of drug-likeness (QED) is 0.0968. The van der Waals surface area contributed by atoms with Gasteiger partial charge in [-0.3, -0.25) is 9.59 Å². The predicted molar refractivity (Wildman–Crippen MR) is 204 cm³/mol. The number of alkyl halides is 3. The van der Waals surface area contributed by atoms with Crippen LogP contribution in [0.2, 0.25) is 0 Å². The number of rotatable bonds is 9. The number of nitrogens with zero attached hydrogens (tertiary/aromatic N) is 2. The van der Waals surface area contributed by atoms with Crippen LogP contribution < -0.4 is 21.7 Å². The van der Waals surface area contributed by atoms with Crippen molar-refractivity contribution in [1.29, 1.82) is 0 Å². The lowest BCUT2D eigenvalue weighted by Gasteiger charge is -2.19. The molecule has 4 aromatic rings. The number of esters is 2. The Balaban J connectivity index is 0.000000352. The lowest BCUT2D eigenvalue weighted by molar-refractivity contribution is -0.192. The van der Waals surface area contributed by atoms with Gasteiger partial charge in [-0.1, -0.05) is 12.1 Å². The lowest BCUT2D eigenvalue weighted by Crippen LogP contribution is -2.32. The molecule has 2 aromatic carbocycles. The molecular weight excluding hydrogens is 769 g/mol. The number of carboxylic acid groups (broad SMARTS) is 1. The fraction of sp³-hybridized carbons (Fsp3) is 0.282. The van der Waals surface area contributed by atoms with Crippen LogP contribution in [0.3, 0.4) is 0 Å². The highest BCUT2D eigenvalue weighted by Crippen LogP contribution is 2.16. The van der Waals surface area contributed by atoms with Crippen molar-refractivity contribution in [1.82, 2.24) is 15.3 Å². The average Bonchev–Trinajstić information content (AvgIpc) is 3.15. The van der Waals surface area contributed by atoms with Crippen LogP contribution in [0.15, 0.2) is 72.8 Å². The number of pyridine rings is 2. The second kappa shape index (κ2) is 21.4. The third-order valence-corrected chi connectivity index (χ3v) is 6.92. The molecule has 0 spiro atoms. The molecule has 0 unspecified atom stereocenters. The molecule has 0 aliphatic rings. The van der Waals surface area contributed by atoms with E-state index >= 15 is 0 Å². The Morgan fingerprint density at radius 1 is 0.690 bits per heavy atom. The Labute approximate surface area is 331 Å². The molecule has 2 heterocycles. The van der Waals surface area contributed by atoms with Crippen molar-refractivity contribution >= 4 is 47.5 Å². The van der Waals surface area contributed by atoms with Gasteiger partial charge in [-0.15, -0.1) is 0 Å². The maximum absolute atomic E-state index is 12.5. The number of hydrogen-bond acceptors (Lipinski definition) is 12. The number of aryl methyl sites for hydroxylation is 2. The van der Waals surface area contributed by atoms with Gasteiger partial charge in [0.05, 0.1) is 25.3 Å². The zero-order chi connectivity index (χ0) is 43.8. The van der Waals surface area contributed by atoms with E-state index in [0.29, 0.717) is 40.6 Å². The Morgan fingerprint density at radius 3 is 1.47 bits per heavy atom. The van der Waals surface area contributed by atoms with E-state index in [9.17, 15) is 37.1 Å². The number of hydrogen-bond donors (Lipinski definition) is 5. The smallest absolute Gasteiger partial charge is 0.475 e. The van der Waals surface area contributed by atoms with E-state index in [2.05, 4.69) is 35.4 Å². The van der Waals surface area contributed by atoms with Crippen molar-refractivity contribution in [3.8, 4) is 0 Å². The van der Waals surface area contributed by atoms with Crippen molar-refractivity contribution in [2.45, 2.75) is 59.5 Å². The first-order chi connectivity index (χ1) is 27.0. The molecule has 0 saturated carbocycles. The summed E-state index contributed by atoms with van der Waals surface area (Å²) in [6, 6.07) is 19.5. The highest BCUT2D eigenvalue weighted by molar-refractivity contribution is 6.06. The van der Waals surface area contributed by atoms with Gasteiger partial charge in [-0.2, -0.15) is 13.2 Å². The summed E-state index contributed by atoms with van der Waals surface area (Å²) >= 11 is 0. The standard InChI is InChI=1S/C21H25N3O5.C16H17N3O3.C2HF3O2/c1-13-9-14(12-22-20(27)29-21(2,3)4)10-17(23-13)24-18(25)15-7-6-8-16(11-15)19(26)28-5;1-10-6-11(9-17)7-14(18-10)19-15(20)12-4-3-5-13(8-12)16(21)22-2;3-2(4,5)1(6)7/h6-11H,12H2,1-5H3,(H,22,27)(H,23,24,25);3-8H,9,17H2,1-2H3,(H,18,19,20);(H,6,7). The van der Waals surface area contributed by atoms with Gasteiger partial charge in [-0.05, 0) is 106 Å². The zero-order valence-electron chi connectivity index (χ0n) is 32.6. The fourth-order valence-corrected chi connectivity index (χ4v) is 4.50. The van der Waals surface area contributed by atoms with Gasteiger partial charge in [0.15, 0.2) is 0 Å². The summed E-state index contributed by atoms with van der Waals surface area (Å²) in [4.78, 5) is 77.2. The second-order valence-corrected chi connectivity index (χ2v) is 12.9. The molecule has 19 heteroatoms. The molecule has 0 aliphatic heterocycles. The number of aliphatic carboxylic acids is 1. The van der Waals surface area contributed by atoms with Crippen LogP contribution in [-0.4, -0.2) is 76.9 Å². The van der Waals surface area contributed by atoms with Crippen molar-refractivity contribution in [3.05, 3.63) is 118 Å². The number of carboxylic acids is 1. The molecular formula is C39H43F3N6O10. The number of amides is 3. The van der Waals surface area contributed by atoms with Crippen molar-refractivity contribution in [3.63, 3.8) is 0 Å². The number of benzene rings is 2. The van der Waals surface area contributed by atoms with Gasteiger partial charge >= 0.3 is 30.2 Å².